The Morgan fingerprint density at radius 3 is 2.44 bits per heavy atom. The molecule has 0 aliphatic carbocycles. The van der Waals surface area contributed by atoms with E-state index >= 15 is 0 Å². The van der Waals surface area contributed by atoms with Gasteiger partial charge in [-0.15, -0.1) is 0 Å². The Bertz CT molecular complexity index is 404. The Hall–Kier alpha value is -2.07. The molecule has 2 N–H and O–H groups in total. The van der Waals surface area contributed by atoms with Crippen molar-refractivity contribution in [1.29, 1.82) is 0 Å². The number of nitrogens with zero attached hydrogens (tertiary/aromatic N) is 1. The van der Waals surface area contributed by atoms with E-state index in [0.29, 0.717) is 29.6 Å². The second kappa shape index (κ2) is 9.01. The summed E-state index contributed by atoms with van der Waals surface area (Å²) in [5.41, 5.74) is 5.14. The van der Waals surface area contributed by atoms with Gasteiger partial charge >= 0.3 is 0 Å². The minimum atomic E-state index is 0.318. The van der Waals surface area contributed by atoms with Gasteiger partial charge in [0.05, 0.1) is 0 Å². The van der Waals surface area contributed by atoms with Crippen LogP contribution in [0.2, 0.25) is 0 Å². The lowest BCUT2D eigenvalue weighted by Gasteiger charge is -2.05. The number of allylic oxidation sites excluding steroid dienone is 5. The molecule has 0 spiro atoms. The van der Waals surface area contributed by atoms with Crippen LogP contribution in [0.25, 0.3) is 0 Å². The summed E-state index contributed by atoms with van der Waals surface area (Å²) in [6.45, 7) is 12.9. The Balaban J connectivity index is 0.00000137. The summed E-state index contributed by atoms with van der Waals surface area (Å²) in [5, 5.41) is 0. The van der Waals surface area contributed by atoms with Gasteiger partial charge in [-0.05, 0) is 32.8 Å². The molecule has 0 saturated carbocycles. The Kier molecular flexibility index (Phi) is 7.98. The minimum Gasteiger partial charge on any atom is -0.484 e. The zero-order chi connectivity index (χ0) is 14.0. The predicted molar refractivity (Wildman–Crippen MR) is 76.0 cm³/mol. The quantitative estimate of drug-likeness (QED) is 0.614. The molecule has 1 rings (SSSR count). The summed E-state index contributed by atoms with van der Waals surface area (Å²) in [6.07, 6.45) is 6.83. The van der Waals surface area contributed by atoms with Gasteiger partial charge in [-0.3, -0.25) is 4.99 Å². The monoisotopic (exact) mass is 248 g/mol. The van der Waals surface area contributed by atoms with Crippen LogP contribution in [0.4, 0.5) is 0 Å². The molecule has 1 heterocycles. The summed E-state index contributed by atoms with van der Waals surface area (Å²) in [4.78, 5) is 3.85. The van der Waals surface area contributed by atoms with Crippen molar-refractivity contribution in [1.82, 2.24) is 0 Å². The highest BCUT2D eigenvalue weighted by molar-refractivity contribution is 5.34. The number of hydrogen-bond donors (Lipinski definition) is 1. The van der Waals surface area contributed by atoms with Gasteiger partial charge in [-0.1, -0.05) is 25.3 Å². The van der Waals surface area contributed by atoms with E-state index < -0.39 is 0 Å². The molecule has 0 fully saturated rings. The van der Waals surface area contributed by atoms with E-state index in [1.165, 1.54) is 7.05 Å². The normalized spacial score (nSPS) is 15.1. The highest BCUT2D eigenvalue weighted by Gasteiger charge is 2.14. The third-order valence-electron chi connectivity index (χ3n) is 2.02. The summed E-state index contributed by atoms with van der Waals surface area (Å²) >= 11 is 0. The first kappa shape index (κ1) is 15.9. The molecule has 0 atom stereocenters. The first-order chi connectivity index (χ1) is 8.72. The second-order valence-corrected chi connectivity index (χ2v) is 3.08. The van der Waals surface area contributed by atoms with Gasteiger partial charge in [0.15, 0.2) is 11.5 Å². The van der Waals surface area contributed by atoms with Crippen molar-refractivity contribution in [2.24, 2.45) is 10.7 Å². The van der Waals surface area contributed by atoms with Crippen molar-refractivity contribution in [3.05, 3.63) is 60.4 Å². The van der Waals surface area contributed by atoms with Gasteiger partial charge in [-0.25, -0.2) is 0 Å². The molecule has 0 amide bonds. The van der Waals surface area contributed by atoms with Crippen LogP contribution in [0, 0.1) is 0 Å². The molecule has 0 unspecified atom stereocenters. The average Bonchev–Trinajstić information content (AvgIpc) is 2.57. The maximum atomic E-state index is 5.57. The highest BCUT2D eigenvalue weighted by atomic mass is 16.5. The molecule has 0 aromatic carbocycles. The van der Waals surface area contributed by atoms with Crippen LogP contribution in [0.3, 0.4) is 0 Å². The zero-order valence-electron chi connectivity index (χ0n) is 11.0. The number of nitrogens with two attached hydrogens (primary N) is 1. The molecule has 0 aromatic heterocycles. The number of rotatable bonds is 4. The lowest BCUT2D eigenvalue weighted by molar-refractivity contribution is 0.237. The summed E-state index contributed by atoms with van der Waals surface area (Å²) in [5.74, 6) is 1.89. The Labute approximate surface area is 108 Å². The Morgan fingerprint density at radius 1 is 1.28 bits per heavy atom. The molecule has 0 radical (unpaired) electrons. The van der Waals surface area contributed by atoms with Crippen LogP contribution in [0.1, 0.15) is 6.92 Å². The third kappa shape index (κ3) is 4.43. The molecule has 0 aromatic rings. The van der Waals surface area contributed by atoms with E-state index in [2.05, 4.69) is 30.6 Å². The van der Waals surface area contributed by atoms with E-state index in [0.717, 1.165) is 0 Å². The fourth-order valence-corrected chi connectivity index (χ4v) is 1.20. The van der Waals surface area contributed by atoms with E-state index in [-0.39, 0.29) is 0 Å². The fourth-order valence-electron chi connectivity index (χ4n) is 1.20. The van der Waals surface area contributed by atoms with E-state index in [9.17, 15) is 0 Å². The smallest absolute Gasteiger partial charge is 0.157 e. The predicted octanol–water partition coefficient (Wildman–Crippen LogP) is 2.68. The van der Waals surface area contributed by atoms with Crippen molar-refractivity contribution in [2.75, 3.05) is 13.7 Å². The first-order valence-electron chi connectivity index (χ1n) is 5.43. The Morgan fingerprint density at radius 2 is 1.94 bits per heavy atom. The molecular weight excluding hydrogens is 228 g/mol. The van der Waals surface area contributed by atoms with Crippen LogP contribution in [-0.2, 0) is 9.47 Å². The topological polar surface area (TPSA) is 56.8 Å². The molecule has 18 heavy (non-hydrogen) atoms. The maximum absolute atomic E-state index is 5.57. The number of ether oxygens (including phenoxy) is 2. The maximum Gasteiger partial charge on any atom is 0.157 e. The zero-order valence-corrected chi connectivity index (χ0v) is 11.0. The molecular formula is C14H20N2O2. The molecule has 4 nitrogen and oxygen atoms in total. The third-order valence-corrected chi connectivity index (χ3v) is 2.02. The lowest BCUT2D eigenvalue weighted by atomic mass is 10.3. The van der Waals surface area contributed by atoms with Crippen molar-refractivity contribution in [3.63, 3.8) is 0 Å². The van der Waals surface area contributed by atoms with Crippen molar-refractivity contribution < 1.29 is 9.47 Å². The molecule has 0 bridgehead atoms. The van der Waals surface area contributed by atoms with Gasteiger partial charge < -0.3 is 15.2 Å². The molecule has 1 aliphatic rings. The van der Waals surface area contributed by atoms with Gasteiger partial charge in [0, 0.05) is 0 Å². The molecule has 1 aliphatic heterocycles. The van der Waals surface area contributed by atoms with Crippen molar-refractivity contribution in [3.8, 4) is 0 Å². The van der Waals surface area contributed by atoms with Gasteiger partial charge in [0.25, 0.3) is 0 Å². The van der Waals surface area contributed by atoms with Crippen LogP contribution in [0.5, 0.6) is 0 Å². The standard InChI is InChI=1S/C13H15NO2.CH5N/c1-5-7-8-13-10(3)16-12(6-2)11(14-4)9-15-13;1-2/h5-8H,1-2,4,9H2,3H3;2H2,1H3/b8-7-;. The lowest BCUT2D eigenvalue weighted by Crippen LogP contribution is -1.95. The van der Waals surface area contributed by atoms with E-state index in [1.807, 2.05) is 6.92 Å². The van der Waals surface area contributed by atoms with E-state index in [4.69, 9.17) is 9.47 Å². The summed E-state index contributed by atoms with van der Waals surface area (Å²) in [7, 11) is 1.50. The van der Waals surface area contributed by atoms with Crippen molar-refractivity contribution in [2.45, 2.75) is 6.92 Å². The summed E-state index contributed by atoms with van der Waals surface area (Å²) < 4.78 is 11.1. The number of hydrogen-bond acceptors (Lipinski definition) is 4. The van der Waals surface area contributed by atoms with Crippen LogP contribution in [0.15, 0.2) is 65.4 Å². The average molecular weight is 248 g/mol. The van der Waals surface area contributed by atoms with Gasteiger partial charge in [0.2, 0.25) is 0 Å². The minimum absolute atomic E-state index is 0.318. The SMILES string of the molecule is C=C/C=C\C1=C(C)OC(C=C)=C(N=C)CO1.CN. The molecule has 0 saturated heterocycles. The molecule has 98 valence electrons. The second-order valence-electron chi connectivity index (χ2n) is 3.08. The van der Waals surface area contributed by atoms with Crippen LogP contribution >= 0.6 is 0 Å². The van der Waals surface area contributed by atoms with Gasteiger partial charge in [-0.2, -0.15) is 0 Å². The largest absolute Gasteiger partial charge is 0.484 e. The van der Waals surface area contributed by atoms with Crippen molar-refractivity contribution >= 4 is 6.72 Å². The number of aliphatic imine (C=N–C) groups is 1. The van der Waals surface area contributed by atoms with Gasteiger partial charge in [0.1, 0.15) is 18.1 Å². The summed E-state index contributed by atoms with van der Waals surface area (Å²) in [6, 6.07) is 0. The first-order valence-corrected chi connectivity index (χ1v) is 5.43. The van der Waals surface area contributed by atoms with Crippen LogP contribution in [-0.4, -0.2) is 20.4 Å². The van der Waals surface area contributed by atoms with Crippen LogP contribution < -0.4 is 5.73 Å². The highest BCUT2D eigenvalue weighted by Crippen LogP contribution is 2.22. The van der Waals surface area contributed by atoms with E-state index in [1.54, 1.807) is 24.3 Å². The fraction of sp³-hybridized carbons (Fsp3) is 0.214. The molecule has 4 heteroatoms.